The summed E-state index contributed by atoms with van der Waals surface area (Å²) < 4.78 is 0. The first kappa shape index (κ1) is 14.8. The third kappa shape index (κ3) is 3.68. The van der Waals surface area contributed by atoms with Crippen molar-refractivity contribution >= 4 is 18.0 Å². The maximum atomic E-state index is 11.2. The molecule has 0 radical (unpaired) electrons. The van der Waals surface area contributed by atoms with Gasteiger partial charge in [-0.3, -0.25) is 4.79 Å². The smallest absolute Gasteiger partial charge is 0.150 e. The van der Waals surface area contributed by atoms with Crippen molar-refractivity contribution in [2.24, 2.45) is 0 Å². The Kier molecular flexibility index (Phi) is 5.32. The van der Waals surface area contributed by atoms with E-state index in [1.807, 2.05) is 36.4 Å². The van der Waals surface area contributed by atoms with Crippen LogP contribution in [-0.4, -0.2) is 42.6 Å². The fraction of sp³-hybridized carbons (Fsp3) is 0.250. The summed E-state index contributed by atoms with van der Waals surface area (Å²) in [7, 11) is 4.11. The lowest BCUT2D eigenvalue weighted by atomic mass is 10.0. The van der Waals surface area contributed by atoms with Gasteiger partial charge in [-0.15, -0.1) is 11.8 Å². The van der Waals surface area contributed by atoms with E-state index in [-0.39, 0.29) is 0 Å². The van der Waals surface area contributed by atoms with Crippen molar-refractivity contribution in [2.75, 3.05) is 26.4 Å². The molecule has 0 saturated heterocycles. The molecule has 0 amide bonds. The van der Waals surface area contributed by atoms with Gasteiger partial charge in [0.2, 0.25) is 0 Å². The summed E-state index contributed by atoms with van der Waals surface area (Å²) in [6.45, 7) is 0.996. The summed E-state index contributed by atoms with van der Waals surface area (Å²) in [4.78, 5) is 17.8. The zero-order valence-corrected chi connectivity index (χ0v) is 12.6. The number of aldehydes is 1. The Morgan fingerprint density at radius 3 is 2.65 bits per heavy atom. The fourth-order valence-corrected chi connectivity index (χ4v) is 3.00. The zero-order valence-electron chi connectivity index (χ0n) is 11.7. The number of aromatic nitrogens is 1. The number of pyridine rings is 1. The van der Waals surface area contributed by atoms with Crippen molar-refractivity contribution in [1.29, 1.82) is 0 Å². The monoisotopic (exact) mass is 286 g/mol. The van der Waals surface area contributed by atoms with Gasteiger partial charge in [0.15, 0.2) is 6.29 Å². The van der Waals surface area contributed by atoms with E-state index in [0.29, 0.717) is 5.56 Å². The third-order valence-electron chi connectivity index (χ3n) is 2.93. The van der Waals surface area contributed by atoms with Crippen LogP contribution in [0.4, 0.5) is 0 Å². The lowest BCUT2D eigenvalue weighted by Gasteiger charge is -2.12. The van der Waals surface area contributed by atoms with Crippen molar-refractivity contribution in [3.05, 3.63) is 48.2 Å². The summed E-state index contributed by atoms with van der Waals surface area (Å²) in [5.41, 5.74) is 2.68. The number of benzene rings is 1. The van der Waals surface area contributed by atoms with Gasteiger partial charge in [0, 0.05) is 29.6 Å². The molecule has 0 aliphatic heterocycles. The number of hydrogen-bond donors (Lipinski definition) is 0. The molecule has 104 valence electrons. The van der Waals surface area contributed by atoms with E-state index in [9.17, 15) is 4.79 Å². The largest absolute Gasteiger partial charge is 0.309 e. The van der Waals surface area contributed by atoms with Crippen LogP contribution in [0, 0.1) is 0 Å². The number of hydrogen-bond acceptors (Lipinski definition) is 4. The van der Waals surface area contributed by atoms with Gasteiger partial charge >= 0.3 is 0 Å². The molecular formula is C16H18N2OS. The molecule has 0 saturated carbocycles. The Morgan fingerprint density at radius 2 is 1.90 bits per heavy atom. The van der Waals surface area contributed by atoms with Crippen molar-refractivity contribution in [3.63, 3.8) is 0 Å². The fourth-order valence-electron chi connectivity index (χ4n) is 1.88. The second kappa shape index (κ2) is 7.22. The van der Waals surface area contributed by atoms with Crippen LogP contribution in [0.2, 0.25) is 0 Å². The Balaban J connectivity index is 2.29. The minimum Gasteiger partial charge on any atom is -0.309 e. The molecule has 0 unspecified atom stereocenters. The Labute approximate surface area is 124 Å². The lowest BCUT2D eigenvalue weighted by Crippen LogP contribution is -2.14. The van der Waals surface area contributed by atoms with Gasteiger partial charge in [0.05, 0.1) is 0 Å². The summed E-state index contributed by atoms with van der Waals surface area (Å²) in [6.07, 6.45) is 2.70. The van der Waals surface area contributed by atoms with Crippen LogP contribution in [0.1, 0.15) is 10.4 Å². The van der Waals surface area contributed by atoms with Crippen LogP contribution in [-0.2, 0) is 0 Å². The van der Waals surface area contributed by atoms with E-state index in [2.05, 4.69) is 24.0 Å². The molecule has 0 atom stereocenters. The zero-order chi connectivity index (χ0) is 14.4. The molecule has 0 bridgehead atoms. The van der Waals surface area contributed by atoms with Crippen LogP contribution < -0.4 is 0 Å². The standard InChI is InChI=1S/C16H18N2OS/c1-18(2)10-11-20-16-15(8-5-9-17-16)14-7-4-3-6-13(14)12-19/h3-9,12H,10-11H2,1-2H3. The average molecular weight is 286 g/mol. The van der Waals surface area contributed by atoms with E-state index >= 15 is 0 Å². The molecule has 0 aliphatic carbocycles. The average Bonchev–Trinajstić information content (AvgIpc) is 2.47. The van der Waals surface area contributed by atoms with Gasteiger partial charge in [-0.2, -0.15) is 0 Å². The molecule has 0 aliphatic rings. The van der Waals surface area contributed by atoms with E-state index in [0.717, 1.165) is 34.7 Å². The second-order valence-corrected chi connectivity index (χ2v) is 5.80. The quantitative estimate of drug-likeness (QED) is 0.603. The highest BCUT2D eigenvalue weighted by molar-refractivity contribution is 7.99. The van der Waals surface area contributed by atoms with Gasteiger partial charge in [0.25, 0.3) is 0 Å². The molecule has 0 spiro atoms. The highest BCUT2D eigenvalue weighted by Gasteiger charge is 2.10. The van der Waals surface area contributed by atoms with Crippen molar-refractivity contribution < 1.29 is 4.79 Å². The van der Waals surface area contributed by atoms with Crippen molar-refractivity contribution in [3.8, 4) is 11.1 Å². The van der Waals surface area contributed by atoms with E-state index in [1.165, 1.54) is 0 Å². The highest BCUT2D eigenvalue weighted by atomic mass is 32.2. The molecule has 3 nitrogen and oxygen atoms in total. The molecule has 20 heavy (non-hydrogen) atoms. The molecule has 2 aromatic rings. The van der Waals surface area contributed by atoms with E-state index in [4.69, 9.17) is 0 Å². The maximum Gasteiger partial charge on any atom is 0.150 e. The molecule has 1 heterocycles. The normalized spacial score (nSPS) is 10.8. The number of carbonyl (C=O) groups excluding carboxylic acids is 1. The van der Waals surface area contributed by atoms with Gasteiger partial charge in [-0.25, -0.2) is 4.98 Å². The van der Waals surface area contributed by atoms with Crippen LogP contribution >= 0.6 is 11.8 Å². The van der Waals surface area contributed by atoms with Crippen LogP contribution in [0.15, 0.2) is 47.6 Å². The van der Waals surface area contributed by atoms with E-state index in [1.54, 1.807) is 18.0 Å². The number of nitrogens with zero attached hydrogens (tertiary/aromatic N) is 2. The first-order chi connectivity index (χ1) is 9.72. The van der Waals surface area contributed by atoms with Crippen molar-refractivity contribution in [1.82, 2.24) is 9.88 Å². The Morgan fingerprint density at radius 1 is 1.15 bits per heavy atom. The van der Waals surface area contributed by atoms with Gasteiger partial charge in [-0.1, -0.05) is 30.3 Å². The van der Waals surface area contributed by atoms with Crippen molar-refractivity contribution in [2.45, 2.75) is 5.03 Å². The molecule has 1 aromatic heterocycles. The van der Waals surface area contributed by atoms with E-state index < -0.39 is 0 Å². The van der Waals surface area contributed by atoms with Gasteiger partial charge < -0.3 is 4.90 Å². The predicted molar refractivity (Wildman–Crippen MR) is 84.3 cm³/mol. The lowest BCUT2D eigenvalue weighted by molar-refractivity contribution is 0.112. The minimum absolute atomic E-state index is 0.704. The summed E-state index contributed by atoms with van der Waals surface area (Å²) >= 11 is 1.72. The first-order valence-electron chi connectivity index (χ1n) is 6.49. The number of rotatable bonds is 6. The first-order valence-corrected chi connectivity index (χ1v) is 7.48. The topological polar surface area (TPSA) is 33.2 Å². The predicted octanol–water partition coefficient (Wildman–Crippen LogP) is 3.21. The maximum absolute atomic E-state index is 11.2. The molecular weight excluding hydrogens is 268 g/mol. The van der Waals surface area contributed by atoms with Gasteiger partial charge in [-0.05, 0) is 25.7 Å². The summed E-state index contributed by atoms with van der Waals surface area (Å²) in [6, 6.07) is 11.6. The Bertz CT molecular complexity index is 584. The molecule has 1 aromatic carbocycles. The third-order valence-corrected chi connectivity index (χ3v) is 3.91. The highest BCUT2D eigenvalue weighted by Crippen LogP contribution is 2.31. The van der Waals surface area contributed by atoms with Crippen LogP contribution in [0.5, 0.6) is 0 Å². The van der Waals surface area contributed by atoms with Gasteiger partial charge in [0.1, 0.15) is 5.03 Å². The SMILES string of the molecule is CN(C)CCSc1ncccc1-c1ccccc1C=O. The Hall–Kier alpha value is -1.65. The molecule has 2 rings (SSSR count). The summed E-state index contributed by atoms with van der Waals surface area (Å²) in [5.74, 6) is 0.972. The van der Waals surface area contributed by atoms with Crippen LogP contribution in [0.3, 0.4) is 0 Å². The minimum atomic E-state index is 0.704. The van der Waals surface area contributed by atoms with Crippen LogP contribution in [0.25, 0.3) is 11.1 Å². The molecule has 4 heteroatoms. The summed E-state index contributed by atoms with van der Waals surface area (Å²) in [5, 5.41) is 0.976. The molecule has 0 N–H and O–H groups in total. The number of carbonyl (C=O) groups is 1. The molecule has 0 fully saturated rings. The second-order valence-electron chi connectivity index (χ2n) is 4.71. The number of thioether (sulfide) groups is 1.